The summed E-state index contributed by atoms with van der Waals surface area (Å²) >= 11 is 0. The molecule has 1 aliphatic rings. The highest BCUT2D eigenvalue weighted by Crippen LogP contribution is 2.49. The number of carbonyl (C=O) groups is 1. The summed E-state index contributed by atoms with van der Waals surface area (Å²) in [6, 6.07) is 10.1. The average molecular weight is 398 g/mol. The maximum absolute atomic E-state index is 12.4. The molecule has 0 aliphatic heterocycles. The normalized spacial score (nSPS) is 17.7. The predicted octanol–water partition coefficient (Wildman–Crippen LogP) is 4.05. The summed E-state index contributed by atoms with van der Waals surface area (Å²) in [6.07, 6.45) is 1.87. The summed E-state index contributed by atoms with van der Waals surface area (Å²) in [7, 11) is 4.80. The lowest BCUT2D eigenvalue weighted by Crippen LogP contribution is -2.29. The summed E-state index contributed by atoms with van der Waals surface area (Å²) in [4.78, 5) is 12.4. The molecule has 0 radical (unpaired) electrons. The van der Waals surface area contributed by atoms with Crippen LogP contribution in [0.5, 0.6) is 11.5 Å². The molecule has 2 aromatic carbocycles. The fourth-order valence-electron chi connectivity index (χ4n) is 4.36. The van der Waals surface area contributed by atoms with Crippen LogP contribution in [0, 0.1) is 12.3 Å². The van der Waals surface area contributed by atoms with E-state index in [1.807, 2.05) is 32.0 Å². The summed E-state index contributed by atoms with van der Waals surface area (Å²) in [5, 5.41) is 0. The van der Waals surface area contributed by atoms with Crippen LogP contribution >= 0.6 is 0 Å². The zero-order valence-electron chi connectivity index (χ0n) is 18.0. The minimum atomic E-state index is -0.605. The quantitative estimate of drug-likeness (QED) is 0.496. The Labute approximate surface area is 172 Å². The molecule has 1 aliphatic carbocycles. The second-order valence-corrected chi connectivity index (χ2v) is 7.82. The molecule has 0 amide bonds. The maximum atomic E-state index is 12.4. The number of hydrogen-bond acceptors (Lipinski definition) is 5. The van der Waals surface area contributed by atoms with Crippen LogP contribution in [0.15, 0.2) is 30.3 Å². The number of hydrogen-bond donors (Lipinski definition) is 0. The lowest BCUT2D eigenvalue weighted by atomic mass is 9.87. The first-order chi connectivity index (χ1) is 13.9. The van der Waals surface area contributed by atoms with Gasteiger partial charge < -0.3 is 18.9 Å². The second kappa shape index (κ2) is 8.87. The standard InChI is InChI=1S/C24H30O5/c1-16-18(11-12-29-15-17-9-7-6-8-10-17)22(27-4)20-14-24(2,23(25)28-5)13-19(20)21(16)26-3/h6-10H,11-15H2,1-5H3/t24-/m0/s1. The van der Waals surface area contributed by atoms with E-state index in [9.17, 15) is 4.79 Å². The zero-order chi connectivity index (χ0) is 21.0. The van der Waals surface area contributed by atoms with Crippen molar-refractivity contribution in [1.82, 2.24) is 0 Å². The van der Waals surface area contributed by atoms with E-state index in [-0.39, 0.29) is 5.97 Å². The molecule has 0 N–H and O–H groups in total. The Morgan fingerprint density at radius 2 is 1.62 bits per heavy atom. The highest BCUT2D eigenvalue weighted by Gasteiger charge is 2.44. The molecule has 5 nitrogen and oxygen atoms in total. The van der Waals surface area contributed by atoms with Crippen LogP contribution in [0.4, 0.5) is 0 Å². The topological polar surface area (TPSA) is 54.0 Å². The second-order valence-electron chi connectivity index (χ2n) is 7.82. The highest BCUT2D eigenvalue weighted by atomic mass is 16.5. The smallest absolute Gasteiger partial charge is 0.312 e. The maximum Gasteiger partial charge on any atom is 0.312 e. The van der Waals surface area contributed by atoms with Crippen LogP contribution in [0.25, 0.3) is 0 Å². The van der Waals surface area contributed by atoms with E-state index in [1.54, 1.807) is 14.2 Å². The molecule has 156 valence electrons. The third-order valence-corrected chi connectivity index (χ3v) is 5.81. The fraction of sp³-hybridized carbons (Fsp3) is 0.458. The first kappa shape index (κ1) is 21.2. The van der Waals surface area contributed by atoms with Gasteiger partial charge in [-0.15, -0.1) is 0 Å². The molecule has 5 heteroatoms. The van der Waals surface area contributed by atoms with Crippen molar-refractivity contribution in [1.29, 1.82) is 0 Å². The van der Waals surface area contributed by atoms with Crippen molar-refractivity contribution in [2.24, 2.45) is 5.41 Å². The lowest BCUT2D eigenvalue weighted by Gasteiger charge is -2.20. The number of fused-ring (bicyclic) bond motifs is 1. The number of benzene rings is 2. The molecule has 2 aromatic rings. The van der Waals surface area contributed by atoms with E-state index in [1.165, 1.54) is 7.11 Å². The van der Waals surface area contributed by atoms with Crippen LogP contribution in [-0.4, -0.2) is 33.9 Å². The van der Waals surface area contributed by atoms with Crippen molar-refractivity contribution in [3.63, 3.8) is 0 Å². The zero-order valence-corrected chi connectivity index (χ0v) is 18.0. The van der Waals surface area contributed by atoms with E-state index in [0.717, 1.165) is 39.3 Å². The largest absolute Gasteiger partial charge is 0.496 e. The van der Waals surface area contributed by atoms with Crippen LogP contribution in [0.1, 0.15) is 34.7 Å². The third kappa shape index (κ3) is 4.10. The van der Waals surface area contributed by atoms with Gasteiger partial charge in [0.2, 0.25) is 0 Å². The van der Waals surface area contributed by atoms with E-state index in [2.05, 4.69) is 12.1 Å². The first-order valence-corrected chi connectivity index (χ1v) is 9.90. The Bertz CT molecular complexity index is 875. The number of esters is 1. The molecule has 0 saturated carbocycles. The van der Waals surface area contributed by atoms with Crippen molar-refractivity contribution in [2.45, 2.75) is 39.7 Å². The van der Waals surface area contributed by atoms with Gasteiger partial charge in [-0.3, -0.25) is 4.79 Å². The molecule has 0 saturated heterocycles. The van der Waals surface area contributed by atoms with Crippen molar-refractivity contribution < 1.29 is 23.7 Å². The molecule has 3 rings (SSSR count). The molecule has 0 bridgehead atoms. The minimum Gasteiger partial charge on any atom is -0.496 e. The van der Waals surface area contributed by atoms with Gasteiger partial charge in [-0.1, -0.05) is 30.3 Å². The van der Waals surface area contributed by atoms with E-state index < -0.39 is 5.41 Å². The first-order valence-electron chi connectivity index (χ1n) is 9.90. The van der Waals surface area contributed by atoms with Gasteiger partial charge in [0.1, 0.15) is 11.5 Å². The molecule has 29 heavy (non-hydrogen) atoms. The number of ether oxygens (including phenoxy) is 4. The Hall–Kier alpha value is -2.53. The van der Waals surface area contributed by atoms with Gasteiger partial charge in [-0.25, -0.2) is 0 Å². The highest BCUT2D eigenvalue weighted by molar-refractivity contribution is 5.80. The summed E-state index contributed by atoms with van der Waals surface area (Å²) in [6.45, 7) is 5.13. The molecule has 1 atom stereocenters. The number of carbonyl (C=O) groups excluding carboxylic acids is 1. The van der Waals surface area contributed by atoms with E-state index in [0.29, 0.717) is 32.5 Å². The number of methoxy groups -OCH3 is 3. The molecule has 0 unspecified atom stereocenters. The van der Waals surface area contributed by atoms with Crippen LogP contribution < -0.4 is 9.47 Å². The predicted molar refractivity (Wildman–Crippen MR) is 112 cm³/mol. The van der Waals surface area contributed by atoms with Gasteiger partial charge in [-0.05, 0) is 44.2 Å². The Balaban J connectivity index is 1.85. The van der Waals surface area contributed by atoms with Crippen molar-refractivity contribution in [3.8, 4) is 11.5 Å². The van der Waals surface area contributed by atoms with Crippen molar-refractivity contribution in [2.75, 3.05) is 27.9 Å². The van der Waals surface area contributed by atoms with Crippen LogP contribution in [-0.2, 0) is 40.1 Å². The molecular weight excluding hydrogens is 368 g/mol. The van der Waals surface area contributed by atoms with Gasteiger partial charge in [0.25, 0.3) is 0 Å². The van der Waals surface area contributed by atoms with Gasteiger partial charge in [0, 0.05) is 16.7 Å². The Kier molecular flexibility index (Phi) is 6.48. The molecule has 0 fully saturated rings. The summed E-state index contributed by atoms with van der Waals surface area (Å²) < 4.78 is 22.5. The van der Waals surface area contributed by atoms with Gasteiger partial charge in [0.15, 0.2) is 0 Å². The Morgan fingerprint density at radius 1 is 1.00 bits per heavy atom. The fourth-order valence-corrected chi connectivity index (χ4v) is 4.36. The van der Waals surface area contributed by atoms with Crippen LogP contribution in [0.3, 0.4) is 0 Å². The number of rotatable bonds is 8. The third-order valence-electron chi connectivity index (χ3n) is 5.81. The van der Waals surface area contributed by atoms with E-state index >= 15 is 0 Å². The molecular formula is C24H30O5. The molecule has 0 heterocycles. The monoisotopic (exact) mass is 398 g/mol. The van der Waals surface area contributed by atoms with Gasteiger partial charge in [0.05, 0.1) is 40.0 Å². The van der Waals surface area contributed by atoms with E-state index in [4.69, 9.17) is 18.9 Å². The van der Waals surface area contributed by atoms with Gasteiger partial charge >= 0.3 is 5.97 Å². The average Bonchev–Trinajstić information content (AvgIpc) is 3.09. The SMILES string of the molecule is COC(=O)[C@@]1(C)Cc2c(c(OC)c(CCOCc3ccccc3)c(C)c2OC)C1. The Morgan fingerprint density at radius 3 is 2.21 bits per heavy atom. The van der Waals surface area contributed by atoms with Crippen molar-refractivity contribution >= 4 is 5.97 Å². The molecule has 0 spiro atoms. The minimum absolute atomic E-state index is 0.205. The summed E-state index contributed by atoms with van der Waals surface area (Å²) in [5.41, 5.74) is 4.75. The van der Waals surface area contributed by atoms with Gasteiger partial charge in [-0.2, -0.15) is 0 Å². The lowest BCUT2D eigenvalue weighted by molar-refractivity contribution is -0.151. The van der Waals surface area contributed by atoms with Crippen molar-refractivity contribution in [3.05, 3.63) is 58.1 Å². The summed E-state index contributed by atoms with van der Waals surface area (Å²) in [5.74, 6) is 1.48. The molecule has 0 aromatic heterocycles. The van der Waals surface area contributed by atoms with Crippen LogP contribution in [0.2, 0.25) is 0 Å².